The first-order valence-electron chi connectivity index (χ1n) is 12.2. The molecule has 1 aromatic carbocycles. The number of carboxylic acid groups (broad SMARTS) is 1. The van der Waals surface area contributed by atoms with Crippen LogP contribution in [0.15, 0.2) is 67.3 Å². The average Bonchev–Trinajstić information content (AvgIpc) is 3.62. The fraction of sp³-hybridized carbons (Fsp3) is 0.179. The lowest BCUT2D eigenvalue weighted by molar-refractivity contribution is 0.0607. The molecule has 5 aromatic rings. The molecule has 10 heteroatoms. The number of H-pyrrole nitrogens is 1. The second-order valence-electron chi connectivity index (χ2n) is 9.38. The maximum atomic E-state index is 11.7. The van der Waals surface area contributed by atoms with Gasteiger partial charge in [0.25, 0.3) is 0 Å². The second kappa shape index (κ2) is 9.47. The molecule has 0 amide bonds. The van der Waals surface area contributed by atoms with Crippen molar-refractivity contribution >= 4 is 28.9 Å². The maximum absolute atomic E-state index is 11.7. The summed E-state index contributed by atoms with van der Waals surface area (Å²) in [7, 11) is 0. The number of aromatic carboxylic acids is 1. The largest absolute Gasteiger partial charge is 0.478 e. The van der Waals surface area contributed by atoms with E-state index in [0.29, 0.717) is 23.1 Å². The predicted octanol–water partition coefficient (Wildman–Crippen LogP) is 5.31. The second-order valence-corrected chi connectivity index (χ2v) is 10.4. The Bertz CT molecular complexity index is 1650. The van der Waals surface area contributed by atoms with Crippen LogP contribution in [-0.2, 0) is 12.0 Å². The van der Waals surface area contributed by atoms with E-state index in [1.807, 2.05) is 37.4 Å². The number of nitrogens with zero attached hydrogens (tertiary/aromatic N) is 4. The summed E-state index contributed by atoms with van der Waals surface area (Å²) in [6.07, 6.45) is 9.04. The Kier molecular flexibility index (Phi) is 5.97. The number of pyridine rings is 2. The highest BCUT2D eigenvalue weighted by Crippen LogP contribution is 2.43. The van der Waals surface area contributed by atoms with E-state index in [0.717, 1.165) is 51.2 Å². The summed E-state index contributed by atoms with van der Waals surface area (Å²) in [5.74, 6) is 0.332. The molecule has 0 radical (unpaired) electrons. The van der Waals surface area contributed by atoms with Gasteiger partial charge in [0.15, 0.2) is 0 Å². The lowest BCUT2D eigenvalue weighted by atomic mass is 9.79. The van der Waals surface area contributed by atoms with Gasteiger partial charge in [-0.3, -0.25) is 5.10 Å². The monoisotopic (exact) mass is 524 g/mol. The molecule has 1 atom stereocenters. The van der Waals surface area contributed by atoms with Crippen molar-refractivity contribution in [2.75, 3.05) is 5.32 Å². The molecular weight excluding hydrogens is 500 g/mol. The molecule has 190 valence electrons. The van der Waals surface area contributed by atoms with Crippen molar-refractivity contribution in [3.8, 4) is 21.7 Å². The fourth-order valence-corrected chi connectivity index (χ4v) is 5.90. The number of rotatable bonds is 6. The van der Waals surface area contributed by atoms with Crippen LogP contribution in [0.4, 0.5) is 11.6 Å². The molecule has 0 spiro atoms. The zero-order valence-corrected chi connectivity index (χ0v) is 21.3. The topological polar surface area (TPSA) is 137 Å². The van der Waals surface area contributed by atoms with Crippen molar-refractivity contribution in [2.45, 2.75) is 31.8 Å². The zero-order valence-electron chi connectivity index (χ0n) is 20.5. The highest BCUT2D eigenvalue weighted by Gasteiger charge is 2.39. The van der Waals surface area contributed by atoms with Crippen molar-refractivity contribution in [2.24, 2.45) is 0 Å². The fourth-order valence-electron chi connectivity index (χ4n) is 4.89. The van der Waals surface area contributed by atoms with Gasteiger partial charge in [-0.2, -0.15) is 5.10 Å². The molecule has 1 aliphatic carbocycles. The van der Waals surface area contributed by atoms with E-state index < -0.39 is 11.6 Å². The number of hydrogen-bond donors (Lipinski definition) is 4. The first-order valence-corrected chi connectivity index (χ1v) is 13.0. The first kappa shape index (κ1) is 24.0. The molecule has 9 nitrogen and oxygen atoms in total. The Balaban J connectivity index is 1.30. The van der Waals surface area contributed by atoms with E-state index in [4.69, 9.17) is 4.98 Å². The van der Waals surface area contributed by atoms with Gasteiger partial charge in [-0.25, -0.2) is 19.7 Å². The third-order valence-corrected chi connectivity index (χ3v) is 7.88. The Morgan fingerprint density at radius 2 is 1.97 bits per heavy atom. The van der Waals surface area contributed by atoms with Gasteiger partial charge < -0.3 is 15.5 Å². The van der Waals surface area contributed by atoms with Gasteiger partial charge >= 0.3 is 5.97 Å². The number of carbonyl (C=O) groups is 1. The number of benzene rings is 1. The number of aromatic amines is 1. The standard InChI is InChI=1S/C28H24N6O3S/c1-16-9-22(33-25(10-16)34-24-12-17(6-8-29-24)20-13-31-32-14-20)23-15-30-27(38-23)28(37)7-2-3-18-11-19(26(35)36)4-5-21(18)28/h4-6,8-15,37H,2-3,7H2,1H3,(H,31,32)(H,35,36)(H,29,33,34). The molecule has 0 saturated heterocycles. The lowest BCUT2D eigenvalue weighted by Gasteiger charge is -2.33. The normalized spacial score (nSPS) is 16.7. The number of fused-ring (bicyclic) bond motifs is 1. The summed E-state index contributed by atoms with van der Waals surface area (Å²) in [5.41, 5.74) is 4.22. The van der Waals surface area contributed by atoms with Gasteiger partial charge in [-0.05, 0) is 84.8 Å². The van der Waals surface area contributed by atoms with Crippen molar-refractivity contribution < 1.29 is 15.0 Å². The number of nitrogens with one attached hydrogen (secondary N) is 2. The number of anilines is 2. The minimum absolute atomic E-state index is 0.224. The van der Waals surface area contributed by atoms with Gasteiger partial charge in [0.2, 0.25) is 0 Å². The third-order valence-electron chi connectivity index (χ3n) is 6.71. The number of thiazole rings is 1. The van der Waals surface area contributed by atoms with Crippen LogP contribution in [0.1, 0.15) is 44.9 Å². The number of aliphatic hydroxyl groups is 1. The van der Waals surface area contributed by atoms with Crippen LogP contribution in [0, 0.1) is 6.92 Å². The third kappa shape index (κ3) is 4.44. The van der Waals surface area contributed by atoms with Crippen molar-refractivity contribution in [3.05, 3.63) is 94.5 Å². The Morgan fingerprint density at radius 3 is 2.79 bits per heavy atom. The molecule has 38 heavy (non-hydrogen) atoms. The van der Waals surface area contributed by atoms with Crippen LogP contribution in [-0.4, -0.2) is 41.3 Å². The summed E-state index contributed by atoms with van der Waals surface area (Å²) in [6.45, 7) is 2.00. The molecule has 4 aromatic heterocycles. The van der Waals surface area contributed by atoms with E-state index >= 15 is 0 Å². The molecule has 1 aliphatic rings. The zero-order chi connectivity index (χ0) is 26.3. The molecule has 0 saturated carbocycles. The van der Waals surface area contributed by atoms with Crippen molar-refractivity contribution in [3.63, 3.8) is 0 Å². The highest BCUT2D eigenvalue weighted by atomic mass is 32.1. The highest BCUT2D eigenvalue weighted by molar-refractivity contribution is 7.15. The van der Waals surface area contributed by atoms with Gasteiger partial charge in [-0.15, -0.1) is 11.3 Å². The summed E-state index contributed by atoms with van der Waals surface area (Å²) in [4.78, 5) is 26.1. The SMILES string of the molecule is Cc1cc(Nc2cc(-c3cn[nH]c3)ccn2)nc(-c2cnc(C3(O)CCCc4cc(C(=O)O)ccc43)s2)c1. The number of aromatic nitrogens is 5. The van der Waals surface area contributed by atoms with Crippen LogP contribution >= 0.6 is 11.3 Å². The summed E-state index contributed by atoms with van der Waals surface area (Å²) in [6, 6.07) is 12.7. The minimum Gasteiger partial charge on any atom is -0.478 e. The average molecular weight is 525 g/mol. The molecule has 4 N–H and O–H groups in total. The molecule has 0 aliphatic heterocycles. The Morgan fingerprint density at radius 1 is 1.08 bits per heavy atom. The van der Waals surface area contributed by atoms with E-state index in [1.54, 1.807) is 36.8 Å². The van der Waals surface area contributed by atoms with Crippen LogP contribution in [0.3, 0.4) is 0 Å². The number of hydrogen-bond acceptors (Lipinski definition) is 8. The minimum atomic E-state index is -1.27. The van der Waals surface area contributed by atoms with E-state index in [-0.39, 0.29) is 5.56 Å². The molecule has 1 unspecified atom stereocenters. The number of aryl methyl sites for hydroxylation is 2. The first-order chi connectivity index (χ1) is 18.4. The molecular formula is C28H24N6O3S. The summed E-state index contributed by atoms with van der Waals surface area (Å²) < 4.78 is 0. The van der Waals surface area contributed by atoms with Crippen LogP contribution in [0.25, 0.3) is 21.7 Å². The van der Waals surface area contributed by atoms with Crippen molar-refractivity contribution in [1.82, 2.24) is 25.1 Å². The van der Waals surface area contributed by atoms with E-state index in [9.17, 15) is 15.0 Å². The molecule has 0 bridgehead atoms. The van der Waals surface area contributed by atoms with E-state index in [2.05, 4.69) is 25.5 Å². The van der Waals surface area contributed by atoms with Gasteiger partial charge in [0.1, 0.15) is 22.2 Å². The van der Waals surface area contributed by atoms with Crippen LogP contribution < -0.4 is 5.32 Å². The smallest absolute Gasteiger partial charge is 0.335 e. The van der Waals surface area contributed by atoms with Gasteiger partial charge in [0.05, 0.1) is 22.3 Å². The predicted molar refractivity (Wildman–Crippen MR) is 145 cm³/mol. The van der Waals surface area contributed by atoms with Crippen LogP contribution in [0.2, 0.25) is 0 Å². The maximum Gasteiger partial charge on any atom is 0.335 e. The van der Waals surface area contributed by atoms with E-state index in [1.165, 1.54) is 11.3 Å². The number of carboxylic acids is 1. The van der Waals surface area contributed by atoms with Gasteiger partial charge in [0, 0.05) is 24.2 Å². The quantitative estimate of drug-likeness (QED) is 0.234. The summed E-state index contributed by atoms with van der Waals surface area (Å²) >= 11 is 1.40. The van der Waals surface area contributed by atoms with Crippen LogP contribution in [0.5, 0.6) is 0 Å². The molecule has 0 fully saturated rings. The van der Waals surface area contributed by atoms with Crippen molar-refractivity contribution in [1.29, 1.82) is 0 Å². The van der Waals surface area contributed by atoms with Gasteiger partial charge in [-0.1, -0.05) is 6.07 Å². The Labute approximate surface area is 222 Å². The molecule has 6 rings (SSSR count). The lowest BCUT2D eigenvalue weighted by Crippen LogP contribution is -2.32. The molecule has 4 heterocycles. The Hall–Kier alpha value is -4.41. The summed E-state index contributed by atoms with van der Waals surface area (Å²) in [5, 5.41) is 31.8.